The van der Waals surface area contributed by atoms with Gasteiger partial charge in [0.05, 0.1) is 11.0 Å². The van der Waals surface area contributed by atoms with Crippen LogP contribution in [0.4, 0.5) is 10.1 Å². The molecular weight excluding hydrogens is 311 g/mol. The maximum Gasteiger partial charge on any atom is 0.273 e. The normalized spacial score (nSPS) is 15.5. The Morgan fingerprint density at radius 1 is 1.21 bits per heavy atom. The van der Waals surface area contributed by atoms with E-state index in [4.69, 9.17) is 0 Å². The second kappa shape index (κ2) is 7.07. The SMILES string of the molecule is O=[N+]([O-])c1ccccc1CN(CC(O)c1ccccc1F)C1CC1. The van der Waals surface area contributed by atoms with Crippen LogP contribution in [-0.4, -0.2) is 27.5 Å². The van der Waals surface area contributed by atoms with Gasteiger partial charge in [-0.15, -0.1) is 0 Å². The van der Waals surface area contributed by atoms with E-state index in [1.165, 1.54) is 12.1 Å². The zero-order valence-electron chi connectivity index (χ0n) is 13.1. The lowest BCUT2D eigenvalue weighted by Crippen LogP contribution is -2.31. The molecule has 0 radical (unpaired) electrons. The van der Waals surface area contributed by atoms with Crippen LogP contribution in [0.2, 0.25) is 0 Å². The van der Waals surface area contributed by atoms with Crippen LogP contribution < -0.4 is 0 Å². The van der Waals surface area contributed by atoms with Crippen LogP contribution in [0, 0.1) is 15.9 Å². The monoisotopic (exact) mass is 330 g/mol. The molecule has 1 aliphatic rings. The highest BCUT2D eigenvalue weighted by atomic mass is 19.1. The molecule has 5 nitrogen and oxygen atoms in total. The van der Waals surface area contributed by atoms with Crippen LogP contribution in [0.1, 0.15) is 30.1 Å². The summed E-state index contributed by atoms with van der Waals surface area (Å²) in [6.45, 7) is 0.616. The fraction of sp³-hybridized carbons (Fsp3) is 0.333. The number of aliphatic hydroxyl groups is 1. The third kappa shape index (κ3) is 3.77. The number of benzene rings is 2. The van der Waals surface area contributed by atoms with Crippen molar-refractivity contribution in [2.24, 2.45) is 0 Å². The summed E-state index contributed by atoms with van der Waals surface area (Å²) in [5.41, 5.74) is 0.935. The van der Waals surface area contributed by atoms with Crippen molar-refractivity contribution in [1.29, 1.82) is 0 Å². The Bertz CT molecular complexity index is 734. The minimum Gasteiger partial charge on any atom is -0.387 e. The Morgan fingerprint density at radius 2 is 1.88 bits per heavy atom. The number of nitro benzene ring substituents is 1. The Kier molecular flexibility index (Phi) is 4.87. The topological polar surface area (TPSA) is 66.6 Å². The Morgan fingerprint density at radius 3 is 2.54 bits per heavy atom. The number of rotatable bonds is 7. The minimum absolute atomic E-state index is 0.0727. The summed E-state index contributed by atoms with van der Waals surface area (Å²) >= 11 is 0. The second-order valence-electron chi connectivity index (χ2n) is 6.08. The van der Waals surface area contributed by atoms with Crippen molar-refractivity contribution in [3.63, 3.8) is 0 Å². The number of para-hydroxylation sites is 1. The molecule has 0 aliphatic heterocycles. The van der Waals surface area contributed by atoms with E-state index in [1.54, 1.807) is 36.4 Å². The first-order valence-electron chi connectivity index (χ1n) is 7.95. The first-order valence-corrected chi connectivity index (χ1v) is 7.95. The maximum atomic E-state index is 13.8. The minimum atomic E-state index is -0.963. The van der Waals surface area contributed by atoms with Gasteiger partial charge in [0.2, 0.25) is 0 Å². The predicted octanol–water partition coefficient (Wildman–Crippen LogP) is 3.43. The van der Waals surface area contributed by atoms with Gasteiger partial charge in [-0.1, -0.05) is 36.4 Å². The molecule has 2 aromatic rings. The summed E-state index contributed by atoms with van der Waals surface area (Å²) in [6, 6.07) is 13.0. The van der Waals surface area contributed by atoms with Gasteiger partial charge in [0.15, 0.2) is 0 Å². The van der Waals surface area contributed by atoms with Gasteiger partial charge >= 0.3 is 0 Å². The van der Waals surface area contributed by atoms with Crippen molar-refractivity contribution in [2.45, 2.75) is 31.5 Å². The third-order valence-corrected chi connectivity index (χ3v) is 4.30. The lowest BCUT2D eigenvalue weighted by Gasteiger charge is -2.25. The van der Waals surface area contributed by atoms with E-state index < -0.39 is 16.8 Å². The zero-order valence-corrected chi connectivity index (χ0v) is 13.1. The summed E-state index contributed by atoms with van der Waals surface area (Å²) < 4.78 is 13.8. The molecule has 1 saturated carbocycles. The number of hydrogen-bond donors (Lipinski definition) is 1. The van der Waals surface area contributed by atoms with Gasteiger partial charge in [-0.3, -0.25) is 15.0 Å². The van der Waals surface area contributed by atoms with Crippen molar-refractivity contribution in [1.82, 2.24) is 4.90 Å². The molecule has 3 rings (SSSR count). The van der Waals surface area contributed by atoms with Gasteiger partial charge in [-0.05, 0) is 18.9 Å². The smallest absolute Gasteiger partial charge is 0.273 e. The number of hydrogen-bond acceptors (Lipinski definition) is 4. The summed E-state index contributed by atoms with van der Waals surface area (Å²) in [7, 11) is 0. The van der Waals surface area contributed by atoms with Crippen LogP contribution in [0.5, 0.6) is 0 Å². The standard InChI is InChI=1S/C18H19FN2O3/c19-16-7-3-2-6-15(16)18(22)12-20(14-9-10-14)11-13-5-1-4-8-17(13)21(23)24/h1-8,14,18,22H,9-12H2. The zero-order chi connectivity index (χ0) is 17.1. The molecule has 1 fully saturated rings. The molecule has 0 amide bonds. The molecule has 0 bridgehead atoms. The van der Waals surface area contributed by atoms with Crippen LogP contribution in [-0.2, 0) is 6.54 Å². The summed E-state index contributed by atoms with van der Waals surface area (Å²) in [5, 5.41) is 21.6. The quantitative estimate of drug-likeness (QED) is 0.624. The molecule has 6 heteroatoms. The van der Waals surface area contributed by atoms with Gasteiger partial charge in [0, 0.05) is 36.3 Å². The number of nitro groups is 1. The van der Waals surface area contributed by atoms with Crippen molar-refractivity contribution in [3.05, 3.63) is 75.6 Å². The number of aliphatic hydroxyl groups excluding tert-OH is 1. The molecule has 0 heterocycles. The van der Waals surface area contributed by atoms with E-state index in [9.17, 15) is 19.6 Å². The van der Waals surface area contributed by atoms with E-state index >= 15 is 0 Å². The third-order valence-electron chi connectivity index (χ3n) is 4.30. The van der Waals surface area contributed by atoms with Crippen molar-refractivity contribution >= 4 is 5.69 Å². The van der Waals surface area contributed by atoms with E-state index in [-0.39, 0.29) is 23.8 Å². The molecule has 1 unspecified atom stereocenters. The fourth-order valence-corrected chi connectivity index (χ4v) is 2.89. The highest BCUT2D eigenvalue weighted by molar-refractivity contribution is 5.39. The van der Waals surface area contributed by atoms with Gasteiger partial charge in [-0.2, -0.15) is 0 Å². The molecule has 2 aromatic carbocycles. The molecule has 0 spiro atoms. The summed E-state index contributed by atoms with van der Waals surface area (Å²) in [5.74, 6) is -0.438. The van der Waals surface area contributed by atoms with Crippen LogP contribution in [0.25, 0.3) is 0 Å². The molecule has 1 aliphatic carbocycles. The van der Waals surface area contributed by atoms with Crippen molar-refractivity contribution in [2.75, 3.05) is 6.54 Å². The van der Waals surface area contributed by atoms with Gasteiger partial charge < -0.3 is 5.11 Å². The van der Waals surface area contributed by atoms with Crippen LogP contribution in [0.15, 0.2) is 48.5 Å². The number of nitrogens with zero attached hydrogens (tertiary/aromatic N) is 2. The number of halogens is 1. The fourth-order valence-electron chi connectivity index (χ4n) is 2.89. The Hall–Kier alpha value is -2.31. The Balaban J connectivity index is 1.77. The average molecular weight is 330 g/mol. The molecule has 1 N–H and O–H groups in total. The van der Waals surface area contributed by atoms with E-state index in [1.807, 2.05) is 4.90 Å². The molecule has 1 atom stereocenters. The van der Waals surface area contributed by atoms with Crippen LogP contribution in [0.3, 0.4) is 0 Å². The first kappa shape index (κ1) is 16.5. The van der Waals surface area contributed by atoms with Crippen molar-refractivity contribution < 1.29 is 14.4 Å². The van der Waals surface area contributed by atoms with E-state index in [2.05, 4.69) is 0 Å². The summed E-state index contributed by atoms with van der Waals surface area (Å²) in [4.78, 5) is 12.8. The predicted molar refractivity (Wildman–Crippen MR) is 87.9 cm³/mol. The van der Waals surface area contributed by atoms with Gasteiger partial charge in [-0.25, -0.2) is 4.39 Å². The largest absolute Gasteiger partial charge is 0.387 e. The van der Waals surface area contributed by atoms with E-state index in [0.29, 0.717) is 12.1 Å². The molecule has 0 saturated heterocycles. The summed E-state index contributed by atoms with van der Waals surface area (Å²) in [6.07, 6.45) is 1.02. The van der Waals surface area contributed by atoms with Crippen LogP contribution >= 0.6 is 0 Å². The second-order valence-corrected chi connectivity index (χ2v) is 6.08. The highest BCUT2D eigenvalue weighted by Gasteiger charge is 2.32. The first-order chi connectivity index (χ1) is 11.6. The van der Waals surface area contributed by atoms with Gasteiger partial charge in [0.25, 0.3) is 5.69 Å². The lowest BCUT2D eigenvalue weighted by atomic mass is 10.1. The van der Waals surface area contributed by atoms with Crippen molar-refractivity contribution in [3.8, 4) is 0 Å². The molecular formula is C18H19FN2O3. The molecule has 126 valence electrons. The molecule has 24 heavy (non-hydrogen) atoms. The van der Waals surface area contributed by atoms with Gasteiger partial charge in [0.1, 0.15) is 5.82 Å². The Labute approximate surface area is 139 Å². The van der Waals surface area contributed by atoms with E-state index in [0.717, 1.165) is 12.8 Å². The molecule has 0 aromatic heterocycles. The lowest BCUT2D eigenvalue weighted by molar-refractivity contribution is -0.385. The maximum absolute atomic E-state index is 13.8. The highest BCUT2D eigenvalue weighted by Crippen LogP contribution is 2.32. The average Bonchev–Trinajstić information content (AvgIpc) is 3.39.